The van der Waals surface area contributed by atoms with Gasteiger partial charge in [-0.05, 0) is 49.4 Å². The van der Waals surface area contributed by atoms with Crippen molar-refractivity contribution in [1.29, 1.82) is 0 Å². The summed E-state index contributed by atoms with van der Waals surface area (Å²) in [5.41, 5.74) is 6.92. The fraction of sp³-hybridized carbons (Fsp3) is 0.0952. The Morgan fingerprint density at radius 3 is 2.39 bits per heavy atom. The van der Waals surface area contributed by atoms with Gasteiger partial charge in [-0.15, -0.1) is 0 Å². The van der Waals surface area contributed by atoms with Crippen LogP contribution in [0.5, 0.6) is 11.5 Å². The molecule has 0 bridgehead atoms. The lowest BCUT2D eigenvalue weighted by atomic mass is 10.2. The van der Waals surface area contributed by atoms with Crippen LogP contribution < -0.4 is 21.3 Å². The van der Waals surface area contributed by atoms with E-state index in [-0.39, 0.29) is 17.0 Å². The first-order valence-electron chi connectivity index (χ1n) is 8.50. The lowest BCUT2D eigenvalue weighted by molar-refractivity contribution is 0.0995. The normalized spacial score (nSPS) is 10.4. The summed E-state index contributed by atoms with van der Waals surface area (Å²) < 4.78 is 7.08. The molecule has 3 rings (SSSR count). The zero-order valence-corrected chi connectivity index (χ0v) is 15.4. The van der Waals surface area contributed by atoms with Crippen molar-refractivity contribution in [1.82, 2.24) is 4.57 Å². The predicted molar refractivity (Wildman–Crippen MR) is 106 cm³/mol. The first kappa shape index (κ1) is 18.9. The molecule has 3 aromatic rings. The van der Waals surface area contributed by atoms with E-state index in [1.807, 2.05) is 0 Å². The summed E-state index contributed by atoms with van der Waals surface area (Å²) in [5, 5.41) is 2.77. The summed E-state index contributed by atoms with van der Waals surface area (Å²) in [6, 6.07) is 14.9. The second-order valence-corrected chi connectivity index (χ2v) is 6.27. The van der Waals surface area contributed by atoms with Crippen LogP contribution in [0.15, 0.2) is 65.6 Å². The molecular weight excluding hydrogens is 358 g/mol. The Labute approximate surface area is 161 Å². The number of benzene rings is 2. The van der Waals surface area contributed by atoms with Gasteiger partial charge in [0, 0.05) is 24.5 Å². The standard InChI is InChI=1S/C21H19N3O4/c1-13-11-14(12-24(2)21(13)27)20(26)23-15-7-9-16(10-8-15)28-18-6-4-3-5-17(18)19(22)25/h3-12H,1-2H3,(H2,22,25)(H,23,26). The Bertz CT molecular complexity index is 1080. The number of nitrogens with two attached hydrogens (primary N) is 1. The molecule has 0 radical (unpaired) electrons. The number of carbonyl (C=O) groups excluding carboxylic acids is 2. The van der Waals surface area contributed by atoms with E-state index in [1.165, 1.54) is 10.8 Å². The van der Waals surface area contributed by atoms with Crippen LogP contribution in [-0.2, 0) is 7.05 Å². The molecule has 3 N–H and O–H groups in total. The van der Waals surface area contributed by atoms with E-state index >= 15 is 0 Å². The highest BCUT2D eigenvalue weighted by Gasteiger charge is 2.11. The van der Waals surface area contributed by atoms with E-state index in [0.717, 1.165) is 0 Å². The largest absolute Gasteiger partial charge is 0.457 e. The molecule has 2 amide bonds. The van der Waals surface area contributed by atoms with Gasteiger partial charge in [0.1, 0.15) is 11.5 Å². The molecule has 0 saturated carbocycles. The van der Waals surface area contributed by atoms with Gasteiger partial charge in [0.25, 0.3) is 17.4 Å². The fourth-order valence-corrected chi connectivity index (χ4v) is 2.70. The number of nitrogens with zero attached hydrogens (tertiary/aromatic N) is 1. The smallest absolute Gasteiger partial charge is 0.257 e. The summed E-state index contributed by atoms with van der Waals surface area (Å²) in [4.78, 5) is 35.6. The molecule has 2 aromatic carbocycles. The van der Waals surface area contributed by atoms with E-state index in [4.69, 9.17) is 10.5 Å². The molecule has 0 aliphatic carbocycles. The number of para-hydroxylation sites is 1. The molecule has 0 unspecified atom stereocenters. The molecule has 1 heterocycles. The summed E-state index contributed by atoms with van der Waals surface area (Å²) in [7, 11) is 1.60. The lowest BCUT2D eigenvalue weighted by Gasteiger charge is -2.11. The quantitative estimate of drug-likeness (QED) is 0.713. The van der Waals surface area contributed by atoms with Crippen molar-refractivity contribution in [3.8, 4) is 11.5 Å². The number of pyridine rings is 1. The number of ether oxygens (including phenoxy) is 1. The zero-order valence-electron chi connectivity index (χ0n) is 15.4. The predicted octanol–water partition coefficient (Wildman–Crippen LogP) is 2.84. The molecule has 7 heteroatoms. The molecule has 0 aliphatic rings. The number of nitrogens with one attached hydrogen (secondary N) is 1. The van der Waals surface area contributed by atoms with E-state index in [0.29, 0.717) is 28.3 Å². The van der Waals surface area contributed by atoms with Crippen LogP contribution in [0.25, 0.3) is 0 Å². The number of rotatable bonds is 5. The Kier molecular flexibility index (Phi) is 5.26. The number of primary amides is 1. The van der Waals surface area contributed by atoms with E-state index < -0.39 is 5.91 Å². The number of anilines is 1. The van der Waals surface area contributed by atoms with Gasteiger partial charge < -0.3 is 20.4 Å². The summed E-state index contributed by atoms with van der Waals surface area (Å²) in [5.74, 6) is -0.0596. The Morgan fingerprint density at radius 1 is 1.07 bits per heavy atom. The van der Waals surface area contributed by atoms with Crippen molar-refractivity contribution in [2.24, 2.45) is 12.8 Å². The maximum atomic E-state index is 12.4. The monoisotopic (exact) mass is 377 g/mol. The van der Waals surface area contributed by atoms with Gasteiger partial charge in [-0.2, -0.15) is 0 Å². The number of hydrogen-bond donors (Lipinski definition) is 2. The van der Waals surface area contributed by atoms with Crippen molar-refractivity contribution in [3.05, 3.63) is 87.8 Å². The van der Waals surface area contributed by atoms with Crippen LogP contribution in [0.1, 0.15) is 26.3 Å². The van der Waals surface area contributed by atoms with E-state index in [1.54, 1.807) is 68.6 Å². The van der Waals surface area contributed by atoms with Crippen LogP contribution in [0.4, 0.5) is 5.69 Å². The molecule has 0 fully saturated rings. The Morgan fingerprint density at radius 2 is 1.75 bits per heavy atom. The Hall–Kier alpha value is -3.87. The maximum Gasteiger partial charge on any atom is 0.257 e. The summed E-state index contributed by atoms with van der Waals surface area (Å²) in [6.07, 6.45) is 1.49. The van der Waals surface area contributed by atoms with Crippen LogP contribution in [0.2, 0.25) is 0 Å². The third-order valence-corrected chi connectivity index (χ3v) is 4.12. The van der Waals surface area contributed by atoms with Gasteiger partial charge >= 0.3 is 0 Å². The molecule has 0 saturated heterocycles. The molecular formula is C21H19N3O4. The van der Waals surface area contributed by atoms with Crippen molar-refractivity contribution >= 4 is 17.5 Å². The van der Waals surface area contributed by atoms with E-state index in [2.05, 4.69) is 5.32 Å². The first-order chi connectivity index (χ1) is 13.3. The number of hydrogen-bond acceptors (Lipinski definition) is 4. The van der Waals surface area contributed by atoms with Gasteiger partial charge in [-0.3, -0.25) is 14.4 Å². The second kappa shape index (κ2) is 7.79. The van der Waals surface area contributed by atoms with Gasteiger partial charge in [0.2, 0.25) is 0 Å². The highest BCUT2D eigenvalue weighted by Crippen LogP contribution is 2.26. The number of aryl methyl sites for hydroxylation is 2. The second-order valence-electron chi connectivity index (χ2n) is 6.27. The molecule has 1 aromatic heterocycles. The minimum Gasteiger partial charge on any atom is -0.457 e. The molecule has 7 nitrogen and oxygen atoms in total. The molecule has 0 aliphatic heterocycles. The molecule has 0 spiro atoms. The third kappa shape index (κ3) is 4.09. The van der Waals surface area contributed by atoms with Crippen LogP contribution in [0.3, 0.4) is 0 Å². The van der Waals surface area contributed by atoms with Crippen LogP contribution >= 0.6 is 0 Å². The summed E-state index contributed by atoms with van der Waals surface area (Å²) in [6.45, 7) is 1.66. The average Bonchev–Trinajstić information content (AvgIpc) is 2.67. The van der Waals surface area contributed by atoms with Gasteiger partial charge in [0.15, 0.2) is 0 Å². The number of amides is 2. The van der Waals surface area contributed by atoms with Gasteiger partial charge in [0.05, 0.1) is 11.1 Å². The average molecular weight is 377 g/mol. The maximum absolute atomic E-state index is 12.4. The van der Waals surface area contributed by atoms with Crippen LogP contribution in [-0.4, -0.2) is 16.4 Å². The molecule has 28 heavy (non-hydrogen) atoms. The summed E-state index contributed by atoms with van der Waals surface area (Å²) >= 11 is 0. The SMILES string of the molecule is Cc1cc(C(=O)Nc2ccc(Oc3ccccc3C(N)=O)cc2)cn(C)c1=O. The Balaban J connectivity index is 1.74. The van der Waals surface area contributed by atoms with Gasteiger partial charge in [-0.1, -0.05) is 12.1 Å². The third-order valence-electron chi connectivity index (χ3n) is 4.12. The number of carbonyl (C=O) groups is 2. The highest BCUT2D eigenvalue weighted by molar-refractivity contribution is 6.04. The van der Waals surface area contributed by atoms with Crippen molar-refractivity contribution < 1.29 is 14.3 Å². The topological polar surface area (TPSA) is 103 Å². The van der Waals surface area contributed by atoms with Crippen molar-refractivity contribution in [3.63, 3.8) is 0 Å². The lowest BCUT2D eigenvalue weighted by Crippen LogP contribution is -2.22. The fourth-order valence-electron chi connectivity index (χ4n) is 2.70. The minimum atomic E-state index is -0.577. The minimum absolute atomic E-state index is 0.144. The number of aromatic nitrogens is 1. The van der Waals surface area contributed by atoms with E-state index in [9.17, 15) is 14.4 Å². The van der Waals surface area contributed by atoms with Crippen molar-refractivity contribution in [2.75, 3.05) is 5.32 Å². The van der Waals surface area contributed by atoms with Crippen molar-refractivity contribution in [2.45, 2.75) is 6.92 Å². The van der Waals surface area contributed by atoms with Gasteiger partial charge in [-0.25, -0.2) is 0 Å². The zero-order chi connectivity index (χ0) is 20.3. The van der Waals surface area contributed by atoms with Crippen LogP contribution in [0, 0.1) is 6.92 Å². The highest BCUT2D eigenvalue weighted by atomic mass is 16.5. The first-order valence-corrected chi connectivity index (χ1v) is 8.50. The molecule has 0 atom stereocenters. The molecule has 142 valence electrons.